The molecule has 0 aromatic rings. The van der Waals surface area contributed by atoms with E-state index in [1.54, 1.807) is 0 Å². The summed E-state index contributed by atoms with van der Waals surface area (Å²) in [6, 6.07) is 0. The zero-order valence-electron chi connectivity index (χ0n) is 13.3. The zero-order chi connectivity index (χ0) is 14.7. The van der Waals surface area contributed by atoms with E-state index in [1.807, 2.05) is 0 Å². The lowest BCUT2D eigenvalue weighted by molar-refractivity contribution is -0.0945. The van der Waals surface area contributed by atoms with Crippen LogP contribution in [0.2, 0.25) is 0 Å². The molecule has 0 atom stereocenters. The van der Waals surface area contributed by atoms with Gasteiger partial charge in [0, 0.05) is 31.7 Å². The lowest BCUT2D eigenvalue weighted by atomic mass is 9.89. The fraction of sp³-hybridized carbons (Fsp3) is 0.933. The van der Waals surface area contributed by atoms with Crippen LogP contribution >= 0.6 is 0 Å². The SMILES string of the molecule is CCCCOCCCNC(=NCC1(C)COC1)NCC. The predicted octanol–water partition coefficient (Wildman–Crippen LogP) is 1.78. The van der Waals surface area contributed by atoms with E-state index in [9.17, 15) is 0 Å². The second-order valence-corrected chi connectivity index (χ2v) is 5.74. The highest BCUT2D eigenvalue weighted by Gasteiger charge is 2.33. The zero-order valence-corrected chi connectivity index (χ0v) is 13.3. The molecule has 2 N–H and O–H groups in total. The highest BCUT2D eigenvalue weighted by molar-refractivity contribution is 5.79. The number of rotatable bonds is 10. The molecule has 1 fully saturated rings. The molecule has 118 valence electrons. The molecule has 0 unspecified atom stereocenters. The Kier molecular flexibility index (Phi) is 8.62. The van der Waals surface area contributed by atoms with E-state index in [4.69, 9.17) is 9.47 Å². The van der Waals surface area contributed by atoms with E-state index in [-0.39, 0.29) is 5.41 Å². The Labute approximate surface area is 123 Å². The summed E-state index contributed by atoms with van der Waals surface area (Å²) < 4.78 is 10.8. The third-order valence-corrected chi connectivity index (χ3v) is 3.26. The molecule has 5 heteroatoms. The van der Waals surface area contributed by atoms with Gasteiger partial charge in [-0.25, -0.2) is 0 Å². The van der Waals surface area contributed by atoms with E-state index >= 15 is 0 Å². The van der Waals surface area contributed by atoms with Crippen molar-refractivity contribution in [1.82, 2.24) is 10.6 Å². The fourth-order valence-corrected chi connectivity index (χ4v) is 1.88. The molecule has 20 heavy (non-hydrogen) atoms. The predicted molar refractivity (Wildman–Crippen MR) is 83.3 cm³/mol. The van der Waals surface area contributed by atoms with Crippen LogP contribution in [0.3, 0.4) is 0 Å². The molecule has 0 saturated carbocycles. The van der Waals surface area contributed by atoms with Crippen LogP contribution in [0.1, 0.15) is 40.0 Å². The Bertz CT molecular complexity index is 278. The third-order valence-electron chi connectivity index (χ3n) is 3.26. The Morgan fingerprint density at radius 2 is 1.95 bits per heavy atom. The van der Waals surface area contributed by atoms with Gasteiger partial charge in [0.2, 0.25) is 0 Å². The maximum absolute atomic E-state index is 5.54. The molecule has 0 amide bonds. The molecule has 0 aromatic heterocycles. The Morgan fingerprint density at radius 3 is 2.55 bits per heavy atom. The first-order chi connectivity index (χ1) is 9.70. The summed E-state index contributed by atoms with van der Waals surface area (Å²) in [6.07, 6.45) is 3.35. The van der Waals surface area contributed by atoms with Gasteiger partial charge in [-0.3, -0.25) is 4.99 Å². The molecule has 1 rings (SSSR count). The Morgan fingerprint density at radius 1 is 1.20 bits per heavy atom. The summed E-state index contributed by atoms with van der Waals surface area (Å²) in [7, 11) is 0. The molecule has 0 aromatic carbocycles. The third kappa shape index (κ3) is 7.10. The van der Waals surface area contributed by atoms with Gasteiger partial charge >= 0.3 is 0 Å². The highest BCUT2D eigenvalue weighted by Crippen LogP contribution is 2.26. The van der Waals surface area contributed by atoms with Crippen LogP contribution in [-0.2, 0) is 9.47 Å². The second kappa shape index (κ2) is 10.00. The van der Waals surface area contributed by atoms with Crippen LogP contribution in [0.4, 0.5) is 0 Å². The van der Waals surface area contributed by atoms with Crippen molar-refractivity contribution in [3.05, 3.63) is 0 Å². The minimum atomic E-state index is 0.228. The summed E-state index contributed by atoms with van der Waals surface area (Å²) in [4.78, 5) is 4.63. The van der Waals surface area contributed by atoms with E-state index in [0.717, 1.165) is 64.9 Å². The molecular formula is C15H31N3O2. The monoisotopic (exact) mass is 285 g/mol. The molecule has 1 aliphatic heterocycles. The topological polar surface area (TPSA) is 54.9 Å². The van der Waals surface area contributed by atoms with Gasteiger partial charge in [-0.05, 0) is 19.8 Å². The highest BCUT2D eigenvalue weighted by atomic mass is 16.5. The van der Waals surface area contributed by atoms with E-state index in [1.165, 1.54) is 6.42 Å². The Hall–Kier alpha value is -0.810. The molecule has 0 spiro atoms. The van der Waals surface area contributed by atoms with Gasteiger partial charge in [0.15, 0.2) is 5.96 Å². The average Bonchev–Trinajstić information content (AvgIpc) is 2.41. The van der Waals surface area contributed by atoms with Gasteiger partial charge in [-0.15, -0.1) is 0 Å². The number of nitrogens with one attached hydrogen (secondary N) is 2. The molecular weight excluding hydrogens is 254 g/mol. The van der Waals surface area contributed by atoms with E-state index < -0.39 is 0 Å². The van der Waals surface area contributed by atoms with Gasteiger partial charge in [0.05, 0.1) is 19.8 Å². The number of aliphatic imine (C=N–C) groups is 1. The number of ether oxygens (including phenoxy) is 2. The van der Waals surface area contributed by atoms with Crippen LogP contribution < -0.4 is 10.6 Å². The number of nitrogens with zero attached hydrogens (tertiary/aromatic N) is 1. The lowest BCUT2D eigenvalue weighted by Gasteiger charge is -2.36. The number of guanidine groups is 1. The van der Waals surface area contributed by atoms with Crippen molar-refractivity contribution in [1.29, 1.82) is 0 Å². The van der Waals surface area contributed by atoms with Crippen molar-refractivity contribution in [2.24, 2.45) is 10.4 Å². The summed E-state index contributed by atoms with van der Waals surface area (Å²) in [5.74, 6) is 0.897. The first-order valence-electron chi connectivity index (χ1n) is 7.88. The standard InChI is InChI=1S/C15H31N3O2/c1-4-6-9-19-10-7-8-17-14(16-5-2)18-11-15(3)12-20-13-15/h4-13H2,1-3H3,(H2,16,17,18). The first-order valence-corrected chi connectivity index (χ1v) is 7.88. The number of unbranched alkanes of at least 4 members (excludes halogenated alkanes) is 1. The quantitative estimate of drug-likeness (QED) is 0.365. The number of hydrogen-bond acceptors (Lipinski definition) is 3. The van der Waals surface area contributed by atoms with Crippen molar-refractivity contribution in [3.8, 4) is 0 Å². The molecule has 1 aliphatic rings. The normalized spacial score (nSPS) is 17.6. The maximum Gasteiger partial charge on any atom is 0.191 e. The molecule has 1 heterocycles. The van der Waals surface area contributed by atoms with Crippen molar-refractivity contribution >= 4 is 5.96 Å². The minimum Gasteiger partial charge on any atom is -0.381 e. The van der Waals surface area contributed by atoms with Crippen LogP contribution in [0.15, 0.2) is 4.99 Å². The van der Waals surface area contributed by atoms with Gasteiger partial charge in [-0.2, -0.15) is 0 Å². The largest absolute Gasteiger partial charge is 0.381 e. The van der Waals surface area contributed by atoms with Crippen molar-refractivity contribution < 1.29 is 9.47 Å². The van der Waals surface area contributed by atoms with E-state index in [0.29, 0.717) is 0 Å². The van der Waals surface area contributed by atoms with Gasteiger partial charge in [0.1, 0.15) is 0 Å². The molecule has 5 nitrogen and oxygen atoms in total. The van der Waals surface area contributed by atoms with Crippen LogP contribution in [0.25, 0.3) is 0 Å². The van der Waals surface area contributed by atoms with E-state index in [2.05, 4.69) is 36.4 Å². The van der Waals surface area contributed by atoms with Crippen molar-refractivity contribution in [2.45, 2.75) is 40.0 Å². The molecule has 1 saturated heterocycles. The molecule has 0 aliphatic carbocycles. The van der Waals surface area contributed by atoms with Crippen molar-refractivity contribution in [3.63, 3.8) is 0 Å². The van der Waals surface area contributed by atoms with Crippen molar-refractivity contribution in [2.75, 3.05) is 46.1 Å². The summed E-state index contributed by atoms with van der Waals surface area (Å²) in [5, 5.41) is 6.62. The fourth-order valence-electron chi connectivity index (χ4n) is 1.88. The van der Waals surface area contributed by atoms with Crippen LogP contribution in [0, 0.1) is 5.41 Å². The first kappa shape index (κ1) is 17.2. The van der Waals surface area contributed by atoms with Gasteiger partial charge in [-0.1, -0.05) is 20.3 Å². The van der Waals surface area contributed by atoms with Gasteiger partial charge < -0.3 is 20.1 Å². The summed E-state index contributed by atoms with van der Waals surface area (Å²) >= 11 is 0. The van der Waals surface area contributed by atoms with Gasteiger partial charge in [0.25, 0.3) is 0 Å². The summed E-state index contributed by atoms with van der Waals surface area (Å²) in [6.45, 7) is 12.4. The summed E-state index contributed by atoms with van der Waals surface area (Å²) in [5.41, 5.74) is 0.228. The maximum atomic E-state index is 5.54. The smallest absolute Gasteiger partial charge is 0.191 e. The molecule has 0 bridgehead atoms. The lowest BCUT2D eigenvalue weighted by Crippen LogP contribution is -2.44. The minimum absolute atomic E-state index is 0.228. The average molecular weight is 285 g/mol. The van der Waals surface area contributed by atoms with Crippen LogP contribution in [-0.4, -0.2) is 52.0 Å². The second-order valence-electron chi connectivity index (χ2n) is 5.74. The molecule has 0 radical (unpaired) electrons. The Balaban J connectivity index is 2.13. The van der Waals surface area contributed by atoms with Crippen LogP contribution in [0.5, 0.6) is 0 Å². The number of hydrogen-bond donors (Lipinski definition) is 2.